The molecule has 0 bridgehead atoms. The zero-order chi connectivity index (χ0) is 19.3. The third-order valence-electron chi connectivity index (χ3n) is 3.83. The van der Waals surface area contributed by atoms with Crippen LogP contribution < -0.4 is 10.6 Å². The Kier molecular flexibility index (Phi) is 5.95. The molecule has 27 heavy (non-hydrogen) atoms. The van der Waals surface area contributed by atoms with E-state index in [-0.39, 0.29) is 6.54 Å². The van der Waals surface area contributed by atoms with Gasteiger partial charge in [0.05, 0.1) is 13.1 Å². The molecule has 3 aromatic rings. The van der Waals surface area contributed by atoms with Crippen LogP contribution in [0.5, 0.6) is 0 Å². The number of hydrogen-bond acceptors (Lipinski definition) is 3. The van der Waals surface area contributed by atoms with Crippen LogP contribution in [0, 0.1) is 0 Å². The maximum absolute atomic E-state index is 12.6. The number of alkyl halides is 3. The molecular formula is C19H19F3N4S. The van der Waals surface area contributed by atoms with E-state index in [0.717, 1.165) is 27.7 Å². The van der Waals surface area contributed by atoms with E-state index in [1.54, 1.807) is 0 Å². The number of benzene rings is 2. The van der Waals surface area contributed by atoms with Crippen molar-refractivity contribution in [1.82, 2.24) is 15.6 Å². The van der Waals surface area contributed by atoms with Gasteiger partial charge in [0.15, 0.2) is 11.7 Å². The summed E-state index contributed by atoms with van der Waals surface area (Å²) >= 11 is 0.976. The van der Waals surface area contributed by atoms with Gasteiger partial charge in [-0.15, -0.1) is 11.3 Å². The Morgan fingerprint density at radius 1 is 1.11 bits per heavy atom. The minimum absolute atomic E-state index is 0.185. The van der Waals surface area contributed by atoms with Gasteiger partial charge in [-0.2, -0.15) is 13.2 Å². The standard InChI is InChI=1S/C19H19F3N4S/c1-2-23-18(25-11-17-26-16(12-27-17)19(20,21)22)24-10-13-7-8-14-5-3-4-6-15(14)9-13/h3-9,12H,2,10-11H2,1H3,(H2,23,24,25). The summed E-state index contributed by atoms with van der Waals surface area (Å²) in [7, 11) is 0. The molecule has 0 atom stereocenters. The molecule has 0 fully saturated rings. The van der Waals surface area contributed by atoms with Gasteiger partial charge >= 0.3 is 6.18 Å². The van der Waals surface area contributed by atoms with E-state index in [1.807, 2.05) is 31.2 Å². The molecule has 0 saturated heterocycles. The van der Waals surface area contributed by atoms with E-state index in [2.05, 4.69) is 38.8 Å². The molecule has 1 heterocycles. The molecule has 0 aliphatic rings. The second-order valence-electron chi connectivity index (χ2n) is 5.85. The Morgan fingerprint density at radius 2 is 1.89 bits per heavy atom. The van der Waals surface area contributed by atoms with Crippen LogP contribution in [-0.4, -0.2) is 17.5 Å². The molecule has 0 amide bonds. The second-order valence-corrected chi connectivity index (χ2v) is 6.80. The smallest absolute Gasteiger partial charge is 0.357 e. The summed E-state index contributed by atoms with van der Waals surface area (Å²) < 4.78 is 37.9. The van der Waals surface area contributed by atoms with E-state index in [9.17, 15) is 13.2 Å². The molecule has 0 unspecified atom stereocenters. The maximum atomic E-state index is 12.6. The number of halogens is 3. The summed E-state index contributed by atoms with van der Waals surface area (Å²) in [4.78, 5) is 8.12. The number of rotatable bonds is 5. The van der Waals surface area contributed by atoms with Crippen molar-refractivity contribution in [3.63, 3.8) is 0 Å². The molecule has 8 heteroatoms. The van der Waals surface area contributed by atoms with Gasteiger partial charge in [-0.1, -0.05) is 36.4 Å². The monoisotopic (exact) mass is 392 g/mol. The maximum Gasteiger partial charge on any atom is 0.434 e. The van der Waals surface area contributed by atoms with Crippen LogP contribution in [0.3, 0.4) is 0 Å². The zero-order valence-electron chi connectivity index (χ0n) is 14.7. The van der Waals surface area contributed by atoms with Crippen LogP contribution >= 0.6 is 11.3 Å². The van der Waals surface area contributed by atoms with Gasteiger partial charge in [-0.25, -0.2) is 9.98 Å². The topological polar surface area (TPSA) is 49.3 Å². The zero-order valence-corrected chi connectivity index (χ0v) is 15.5. The molecule has 2 aromatic carbocycles. The molecular weight excluding hydrogens is 373 g/mol. The summed E-state index contributed by atoms with van der Waals surface area (Å²) in [6.07, 6.45) is -4.41. The highest BCUT2D eigenvalue weighted by Crippen LogP contribution is 2.29. The Hall–Kier alpha value is -2.61. The third-order valence-corrected chi connectivity index (χ3v) is 4.68. The van der Waals surface area contributed by atoms with E-state index in [1.165, 1.54) is 5.39 Å². The van der Waals surface area contributed by atoms with Gasteiger partial charge < -0.3 is 10.6 Å². The van der Waals surface area contributed by atoms with Gasteiger partial charge in [0.25, 0.3) is 0 Å². The average Bonchev–Trinajstić information content (AvgIpc) is 3.13. The molecule has 4 nitrogen and oxygen atoms in total. The lowest BCUT2D eigenvalue weighted by molar-refractivity contribution is -0.140. The fourth-order valence-electron chi connectivity index (χ4n) is 2.53. The molecule has 0 aliphatic heterocycles. The van der Waals surface area contributed by atoms with E-state index in [0.29, 0.717) is 24.1 Å². The fraction of sp³-hybridized carbons (Fsp3) is 0.263. The fourth-order valence-corrected chi connectivity index (χ4v) is 3.27. The molecule has 0 aliphatic carbocycles. The highest BCUT2D eigenvalue weighted by Gasteiger charge is 2.33. The van der Waals surface area contributed by atoms with Crippen molar-refractivity contribution in [2.45, 2.75) is 26.2 Å². The van der Waals surface area contributed by atoms with Crippen LogP contribution in [0.15, 0.2) is 52.8 Å². The van der Waals surface area contributed by atoms with Crippen molar-refractivity contribution >= 4 is 28.1 Å². The Morgan fingerprint density at radius 3 is 2.59 bits per heavy atom. The number of aliphatic imine (C=N–C) groups is 1. The number of nitrogens with one attached hydrogen (secondary N) is 2. The molecule has 2 N–H and O–H groups in total. The largest absolute Gasteiger partial charge is 0.434 e. The lowest BCUT2D eigenvalue weighted by Crippen LogP contribution is -2.36. The summed E-state index contributed by atoms with van der Waals surface area (Å²) in [6, 6.07) is 14.2. The highest BCUT2D eigenvalue weighted by molar-refractivity contribution is 7.09. The van der Waals surface area contributed by atoms with Gasteiger partial charge in [-0.3, -0.25) is 0 Å². The van der Waals surface area contributed by atoms with Gasteiger partial charge in [0.2, 0.25) is 0 Å². The highest BCUT2D eigenvalue weighted by atomic mass is 32.1. The first-order chi connectivity index (χ1) is 13.0. The van der Waals surface area contributed by atoms with Gasteiger partial charge in [0.1, 0.15) is 5.01 Å². The van der Waals surface area contributed by atoms with Crippen LogP contribution in [0.4, 0.5) is 13.2 Å². The Bertz CT molecular complexity index is 934. The lowest BCUT2D eigenvalue weighted by Gasteiger charge is -2.10. The number of fused-ring (bicyclic) bond motifs is 1. The first-order valence-corrected chi connectivity index (χ1v) is 9.35. The summed E-state index contributed by atoms with van der Waals surface area (Å²) in [5, 5.41) is 9.81. The Labute approximate surface area is 159 Å². The van der Waals surface area contributed by atoms with Crippen molar-refractivity contribution in [3.8, 4) is 0 Å². The summed E-state index contributed by atoms with van der Waals surface area (Å²) in [6.45, 7) is 3.23. The van der Waals surface area contributed by atoms with Gasteiger partial charge in [0, 0.05) is 11.9 Å². The van der Waals surface area contributed by atoms with Crippen molar-refractivity contribution in [2.24, 2.45) is 4.99 Å². The van der Waals surface area contributed by atoms with Crippen molar-refractivity contribution in [2.75, 3.05) is 6.54 Å². The summed E-state index contributed by atoms with van der Waals surface area (Å²) in [5.41, 5.74) is 0.196. The molecule has 1 aromatic heterocycles. The van der Waals surface area contributed by atoms with Gasteiger partial charge in [-0.05, 0) is 29.3 Å². The predicted octanol–water partition coefficient (Wildman–Crippen LogP) is 4.57. The van der Waals surface area contributed by atoms with Crippen LogP contribution in [0.25, 0.3) is 10.8 Å². The minimum Gasteiger partial charge on any atom is -0.357 e. The molecule has 0 spiro atoms. The van der Waals surface area contributed by atoms with Crippen molar-refractivity contribution < 1.29 is 13.2 Å². The van der Waals surface area contributed by atoms with E-state index in [4.69, 9.17) is 0 Å². The van der Waals surface area contributed by atoms with Crippen LogP contribution in [-0.2, 0) is 19.3 Å². The number of thiazole rings is 1. The average molecular weight is 392 g/mol. The van der Waals surface area contributed by atoms with Crippen LogP contribution in [0.2, 0.25) is 0 Å². The first kappa shape index (κ1) is 19.2. The minimum atomic E-state index is -4.41. The molecule has 142 valence electrons. The number of nitrogens with zero attached hydrogens (tertiary/aromatic N) is 2. The van der Waals surface area contributed by atoms with Crippen LogP contribution in [0.1, 0.15) is 23.2 Å². The number of guanidine groups is 1. The third kappa shape index (κ3) is 5.19. The van der Waals surface area contributed by atoms with Crippen molar-refractivity contribution in [3.05, 3.63) is 64.1 Å². The summed E-state index contributed by atoms with van der Waals surface area (Å²) in [5.74, 6) is 0.536. The number of hydrogen-bond donors (Lipinski definition) is 2. The predicted molar refractivity (Wildman–Crippen MR) is 103 cm³/mol. The van der Waals surface area contributed by atoms with E-state index < -0.39 is 11.9 Å². The Balaban J connectivity index is 1.65. The second kappa shape index (κ2) is 8.39. The molecule has 3 rings (SSSR count). The normalized spacial score (nSPS) is 12.4. The van der Waals surface area contributed by atoms with E-state index >= 15 is 0 Å². The number of aromatic nitrogens is 1. The first-order valence-electron chi connectivity index (χ1n) is 8.47. The van der Waals surface area contributed by atoms with Crippen molar-refractivity contribution in [1.29, 1.82) is 0 Å². The quantitative estimate of drug-likeness (QED) is 0.494. The molecule has 0 saturated carbocycles. The SMILES string of the molecule is CCNC(=NCc1ccc2ccccc2c1)NCc1nc(C(F)(F)F)cs1. The lowest BCUT2D eigenvalue weighted by atomic mass is 10.1. The molecule has 0 radical (unpaired) electrons.